The molecular formula is C17H14BrFN2O2. The highest BCUT2D eigenvalue weighted by Crippen LogP contribution is 2.45. The molecule has 1 aliphatic rings. The number of nitrogens with zero attached hydrogens (tertiary/aromatic N) is 2. The monoisotopic (exact) mass is 376 g/mol. The summed E-state index contributed by atoms with van der Waals surface area (Å²) in [7, 11) is 1.64. The van der Waals surface area contributed by atoms with Gasteiger partial charge in [0.1, 0.15) is 23.5 Å². The van der Waals surface area contributed by atoms with Gasteiger partial charge in [-0.1, -0.05) is 18.2 Å². The van der Waals surface area contributed by atoms with E-state index in [4.69, 9.17) is 4.74 Å². The topological polar surface area (TPSA) is 47.3 Å². The fourth-order valence-corrected chi connectivity index (χ4v) is 3.65. The molecule has 0 saturated heterocycles. The number of phenolic OH excluding ortho intramolecular Hbond substituents is 1. The lowest BCUT2D eigenvalue weighted by atomic mass is 10.0. The van der Waals surface area contributed by atoms with Crippen molar-refractivity contribution in [3.8, 4) is 5.75 Å². The summed E-state index contributed by atoms with van der Waals surface area (Å²) in [4.78, 5) is 4.55. The van der Waals surface area contributed by atoms with Gasteiger partial charge in [-0.2, -0.15) is 0 Å². The molecule has 2 heterocycles. The van der Waals surface area contributed by atoms with E-state index in [2.05, 4.69) is 20.9 Å². The molecule has 118 valence electrons. The number of benzene rings is 2. The summed E-state index contributed by atoms with van der Waals surface area (Å²) in [5, 5.41) is 10.2. The lowest BCUT2D eigenvalue weighted by molar-refractivity contribution is 0.0993. The number of hydrogen-bond donors (Lipinski definition) is 1. The molecule has 0 saturated carbocycles. The third-order valence-corrected chi connectivity index (χ3v) is 4.98. The van der Waals surface area contributed by atoms with E-state index in [9.17, 15) is 9.50 Å². The molecule has 0 radical (unpaired) electrons. The van der Waals surface area contributed by atoms with Crippen molar-refractivity contribution >= 4 is 27.0 Å². The predicted molar refractivity (Wildman–Crippen MR) is 88.0 cm³/mol. The molecular weight excluding hydrogens is 363 g/mol. The van der Waals surface area contributed by atoms with Gasteiger partial charge in [0.2, 0.25) is 0 Å². The second kappa shape index (κ2) is 5.32. The Hall–Kier alpha value is -1.92. The van der Waals surface area contributed by atoms with E-state index in [0.29, 0.717) is 16.4 Å². The van der Waals surface area contributed by atoms with E-state index in [1.165, 1.54) is 6.07 Å². The maximum absolute atomic E-state index is 13.8. The van der Waals surface area contributed by atoms with Crippen LogP contribution in [0.3, 0.4) is 0 Å². The molecule has 0 spiro atoms. The van der Waals surface area contributed by atoms with Crippen LogP contribution in [0.25, 0.3) is 11.0 Å². The summed E-state index contributed by atoms with van der Waals surface area (Å²) in [6.07, 6.45) is 0.496. The van der Waals surface area contributed by atoms with Crippen LogP contribution in [0.15, 0.2) is 40.9 Å². The van der Waals surface area contributed by atoms with Crippen LogP contribution in [-0.4, -0.2) is 21.8 Å². The molecule has 1 N–H and O–H groups in total. The van der Waals surface area contributed by atoms with E-state index < -0.39 is 0 Å². The van der Waals surface area contributed by atoms with Crippen molar-refractivity contribution < 1.29 is 14.2 Å². The van der Waals surface area contributed by atoms with E-state index in [-0.39, 0.29) is 23.7 Å². The van der Waals surface area contributed by atoms with Crippen LogP contribution in [0.2, 0.25) is 0 Å². The zero-order valence-electron chi connectivity index (χ0n) is 12.3. The van der Waals surface area contributed by atoms with Crippen molar-refractivity contribution in [1.82, 2.24) is 9.55 Å². The minimum atomic E-state index is -0.345. The smallest absolute Gasteiger partial charge is 0.139 e. The zero-order valence-corrected chi connectivity index (χ0v) is 13.9. The van der Waals surface area contributed by atoms with Gasteiger partial charge in [-0.3, -0.25) is 0 Å². The average Bonchev–Trinajstić information content (AvgIpc) is 3.06. The van der Waals surface area contributed by atoms with Crippen molar-refractivity contribution in [2.45, 2.75) is 18.6 Å². The second-order valence-electron chi connectivity index (χ2n) is 5.63. The van der Waals surface area contributed by atoms with Gasteiger partial charge in [-0.15, -0.1) is 0 Å². The quantitative estimate of drug-likeness (QED) is 0.724. The number of phenols is 1. The number of ether oxygens (including phenoxy) is 1. The Balaban J connectivity index is 1.98. The molecule has 0 bridgehead atoms. The molecule has 3 aromatic rings. The maximum atomic E-state index is 13.8. The first-order chi connectivity index (χ1) is 11.1. The summed E-state index contributed by atoms with van der Waals surface area (Å²) in [5.74, 6) is 0.652. The van der Waals surface area contributed by atoms with Crippen LogP contribution in [0.5, 0.6) is 5.75 Å². The van der Waals surface area contributed by atoms with Crippen molar-refractivity contribution in [2.75, 3.05) is 7.11 Å². The Morgan fingerprint density at radius 2 is 2.13 bits per heavy atom. The summed E-state index contributed by atoms with van der Waals surface area (Å²) < 4.78 is 21.8. The molecule has 23 heavy (non-hydrogen) atoms. The highest BCUT2D eigenvalue weighted by Gasteiger charge is 2.36. The minimum Gasteiger partial charge on any atom is -0.508 e. The Morgan fingerprint density at radius 1 is 1.35 bits per heavy atom. The first-order valence-electron chi connectivity index (χ1n) is 7.27. The predicted octanol–water partition coefficient (Wildman–Crippen LogP) is 4.32. The number of methoxy groups -OCH3 is 1. The number of imidazole rings is 1. The number of aromatic hydroxyl groups is 1. The third-order valence-electron chi connectivity index (χ3n) is 4.38. The van der Waals surface area contributed by atoms with Gasteiger partial charge in [0.15, 0.2) is 0 Å². The van der Waals surface area contributed by atoms with E-state index in [0.717, 1.165) is 16.9 Å². The molecule has 4 nitrogen and oxygen atoms in total. The largest absolute Gasteiger partial charge is 0.508 e. The summed E-state index contributed by atoms with van der Waals surface area (Å²) in [6, 6.07) is 10.3. The van der Waals surface area contributed by atoms with E-state index in [1.807, 2.05) is 16.7 Å². The number of aromatic nitrogens is 2. The van der Waals surface area contributed by atoms with Crippen LogP contribution in [0, 0.1) is 5.82 Å². The molecule has 2 atom stereocenters. The number of fused-ring (bicyclic) bond motifs is 3. The fraction of sp³-hybridized carbons (Fsp3) is 0.235. The van der Waals surface area contributed by atoms with Crippen LogP contribution in [0.1, 0.15) is 30.0 Å². The van der Waals surface area contributed by atoms with E-state index in [1.54, 1.807) is 25.3 Å². The van der Waals surface area contributed by atoms with Crippen LogP contribution in [0.4, 0.5) is 4.39 Å². The molecule has 6 heteroatoms. The number of hydrogen-bond acceptors (Lipinski definition) is 3. The van der Waals surface area contributed by atoms with Crippen molar-refractivity contribution in [2.24, 2.45) is 0 Å². The van der Waals surface area contributed by atoms with Crippen molar-refractivity contribution in [3.05, 3.63) is 58.1 Å². The van der Waals surface area contributed by atoms with Gasteiger partial charge in [-0.05, 0) is 28.1 Å². The number of halogens is 2. The summed E-state index contributed by atoms with van der Waals surface area (Å²) >= 11 is 3.24. The molecule has 4 rings (SSSR count). The summed E-state index contributed by atoms with van der Waals surface area (Å²) in [6.45, 7) is 0. The normalized spacial score (nSPS) is 20.1. The lowest BCUT2D eigenvalue weighted by Gasteiger charge is -2.16. The Morgan fingerprint density at radius 3 is 2.87 bits per heavy atom. The number of para-hydroxylation sites is 1. The van der Waals surface area contributed by atoms with Crippen molar-refractivity contribution in [1.29, 1.82) is 0 Å². The maximum Gasteiger partial charge on any atom is 0.139 e. The van der Waals surface area contributed by atoms with Gasteiger partial charge >= 0.3 is 0 Å². The first kappa shape index (κ1) is 14.7. The van der Waals surface area contributed by atoms with Gasteiger partial charge in [0.25, 0.3) is 0 Å². The zero-order chi connectivity index (χ0) is 16.1. The molecule has 0 aliphatic carbocycles. The van der Waals surface area contributed by atoms with Crippen LogP contribution >= 0.6 is 15.9 Å². The molecule has 1 aromatic heterocycles. The van der Waals surface area contributed by atoms with Crippen LogP contribution < -0.4 is 0 Å². The minimum absolute atomic E-state index is 0.0986. The first-order valence-corrected chi connectivity index (χ1v) is 8.07. The molecule has 0 amide bonds. The molecule has 1 aliphatic heterocycles. The van der Waals surface area contributed by atoms with Gasteiger partial charge in [-0.25, -0.2) is 9.37 Å². The Bertz CT molecular complexity index is 909. The molecule has 2 aromatic carbocycles. The molecule has 2 unspecified atom stereocenters. The molecule has 0 fully saturated rings. The number of rotatable bonds is 2. The van der Waals surface area contributed by atoms with E-state index >= 15 is 0 Å². The van der Waals surface area contributed by atoms with Crippen LogP contribution in [-0.2, 0) is 4.74 Å². The average molecular weight is 377 g/mol. The SMILES string of the molecule is COC1CC(c2ccccc2O)n2c1nc1cc(F)c(Br)cc12. The Labute approximate surface area is 140 Å². The van der Waals surface area contributed by atoms with Gasteiger partial charge in [0.05, 0.1) is 21.5 Å². The van der Waals surface area contributed by atoms with Crippen molar-refractivity contribution in [3.63, 3.8) is 0 Å². The van der Waals surface area contributed by atoms with Gasteiger partial charge in [0, 0.05) is 25.2 Å². The standard InChI is InChI=1S/C17H14BrFN2O2/c1-23-16-8-13(9-4-2-3-5-15(9)22)21-14-6-10(18)11(19)7-12(14)20-17(16)21/h2-7,13,16,22H,8H2,1H3. The highest BCUT2D eigenvalue weighted by atomic mass is 79.9. The Kier molecular flexibility index (Phi) is 3.39. The second-order valence-corrected chi connectivity index (χ2v) is 6.48. The lowest BCUT2D eigenvalue weighted by Crippen LogP contribution is -2.05. The third kappa shape index (κ3) is 2.16. The van der Waals surface area contributed by atoms with Gasteiger partial charge < -0.3 is 14.4 Å². The highest BCUT2D eigenvalue weighted by molar-refractivity contribution is 9.10. The summed E-state index contributed by atoms with van der Waals surface area (Å²) in [5.41, 5.74) is 2.22. The fourth-order valence-electron chi connectivity index (χ4n) is 3.31.